The van der Waals surface area contributed by atoms with Gasteiger partial charge in [0.25, 0.3) is 0 Å². The Bertz CT molecular complexity index is 229. The highest BCUT2D eigenvalue weighted by Crippen LogP contribution is 2.25. The largest absolute Gasteiger partial charge is 0.354 e. The minimum Gasteiger partial charge on any atom is -0.354 e. The van der Waals surface area contributed by atoms with E-state index in [4.69, 9.17) is 5.73 Å². The van der Waals surface area contributed by atoms with Crippen molar-refractivity contribution in [2.24, 2.45) is 5.73 Å². The highest BCUT2D eigenvalue weighted by atomic mass is 35.5. The molecule has 0 aromatic heterocycles. The zero-order valence-electron chi connectivity index (χ0n) is 10.2. The number of hydrogen-bond donors (Lipinski definition) is 2. The smallest absolute Gasteiger partial charge is 0.220 e. The van der Waals surface area contributed by atoms with Crippen LogP contribution in [0.15, 0.2) is 12.7 Å². The minimum absolute atomic E-state index is 0. The monoisotopic (exact) mass is 282 g/mol. The van der Waals surface area contributed by atoms with Gasteiger partial charge in [-0.05, 0) is 19.3 Å². The van der Waals surface area contributed by atoms with Crippen LogP contribution in [0.25, 0.3) is 0 Å². The molecule has 0 heterocycles. The Balaban J connectivity index is 0. The maximum atomic E-state index is 11.4. The van der Waals surface area contributed by atoms with Gasteiger partial charge in [0.1, 0.15) is 0 Å². The summed E-state index contributed by atoms with van der Waals surface area (Å²) >= 11 is 0. The lowest BCUT2D eigenvalue weighted by atomic mass is 9.82. The molecule has 0 aromatic rings. The lowest BCUT2D eigenvalue weighted by molar-refractivity contribution is -0.121. The molecule has 0 aromatic carbocycles. The summed E-state index contributed by atoms with van der Waals surface area (Å²) < 4.78 is 0. The van der Waals surface area contributed by atoms with Gasteiger partial charge in [0.05, 0.1) is 0 Å². The van der Waals surface area contributed by atoms with E-state index in [1.54, 1.807) is 6.08 Å². The van der Waals surface area contributed by atoms with Crippen molar-refractivity contribution < 1.29 is 4.79 Å². The number of nitrogens with two attached hydrogens (primary N) is 1. The lowest BCUT2D eigenvalue weighted by Crippen LogP contribution is -2.51. The Kier molecular flexibility index (Phi) is 10.9. The van der Waals surface area contributed by atoms with Crippen molar-refractivity contribution in [1.82, 2.24) is 5.32 Å². The van der Waals surface area contributed by atoms with Gasteiger partial charge < -0.3 is 11.1 Å². The predicted octanol–water partition coefficient (Wildman–Crippen LogP) is 2.57. The van der Waals surface area contributed by atoms with Crippen molar-refractivity contribution in [3.63, 3.8) is 0 Å². The number of rotatable bonds is 5. The van der Waals surface area contributed by atoms with Crippen molar-refractivity contribution >= 4 is 30.7 Å². The molecule has 1 aliphatic carbocycles. The zero-order chi connectivity index (χ0) is 11.1. The lowest BCUT2D eigenvalue weighted by Gasteiger charge is -2.33. The molecule has 0 aliphatic heterocycles. The van der Waals surface area contributed by atoms with E-state index in [-0.39, 0.29) is 36.3 Å². The number of carbonyl (C=O) groups excluding carboxylic acids is 1. The van der Waals surface area contributed by atoms with Crippen molar-refractivity contribution in [2.45, 2.75) is 50.5 Å². The van der Waals surface area contributed by atoms with Crippen molar-refractivity contribution in [2.75, 3.05) is 6.54 Å². The summed E-state index contributed by atoms with van der Waals surface area (Å²) in [6.45, 7) is 4.22. The van der Waals surface area contributed by atoms with Gasteiger partial charge in [0, 0.05) is 18.5 Å². The third-order valence-corrected chi connectivity index (χ3v) is 3.06. The van der Waals surface area contributed by atoms with Gasteiger partial charge in [-0.15, -0.1) is 31.4 Å². The minimum atomic E-state index is -0.151. The van der Waals surface area contributed by atoms with Gasteiger partial charge in [0.15, 0.2) is 0 Å². The Labute approximate surface area is 116 Å². The molecule has 1 saturated carbocycles. The van der Waals surface area contributed by atoms with Crippen LogP contribution in [0, 0.1) is 0 Å². The van der Waals surface area contributed by atoms with Crippen molar-refractivity contribution in [3.8, 4) is 0 Å². The van der Waals surface area contributed by atoms with Crippen LogP contribution in [0.3, 0.4) is 0 Å². The number of carbonyl (C=O) groups is 1. The second kappa shape index (κ2) is 9.75. The maximum Gasteiger partial charge on any atom is 0.220 e. The summed E-state index contributed by atoms with van der Waals surface area (Å²) in [7, 11) is 0. The van der Waals surface area contributed by atoms with Crippen molar-refractivity contribution in [1.29, 1.82) is 0 Å². The average molecular weight is 283 g/mol. The molecule has 1 rings (SSSR count). The Morgan fingerprint density at radius 2 is 1.88 bits per heavy atom. The average Bonchev–Trinajstić information content (AvgIpc) is 2.25. The topological polar surface area (TPSA) is 55.1 Å². The quantitative estimate of drug-likeness (QED) is 0.762. The number of allylic oxidation sites excluding steroid dienone is 1. The first kappa shape index (κ1) is 19.1. The van der Waals surface area contributed by atoms with E-state index >= 15 is 0 Å². The first-order valence-electron chi connectivity index (χ1n) is 5.83. The molecule has 0 spiro atoms. The van der Waals surface area contributed by atoms with E-state index < -0.39 is 0 Å². The van der Waals surface area contributed by atoms with Gasteiger partial charge in [0.2, 0.25) is 5.91 Å². The zero-order valence-corrected chi connectivity index (χ0v) is 11.9. The first-order chi connectivity index (χ1) is 7.16. The normalized spacial score (nSPS) is 17.2. The van der Waals surface area contributed by atoms with Crippen LogP contribution in [-0.2, 0) is 4.79 Å². The van der Waals surface area contributed by atoms with Crippen LogP contribution >= 0.6 is 24.8 Å². The summed E-state index contributed by atoms with van der Waals surface area (Å²) in [5.74, 6) is 0.0882. The molecule has 1 amide bonds. The standard InChI is InChI=1S/C12H22N2O.2ClH/c1-2-3-7-11(15)14-10-12(13)8-5-4-6-9-12;;/h2H,1,3-10,13H2,(H,14,15);2*1H. The molecule has 17 heavy (non-hydrogen) atoms. The van der Waals surface area contributed by atoms with E-state index in [1.807, 2.05) is 0 Å². The fourth-order valence-corrected chi connectivity index (χ4v) is 2.03. The van der Waals surface area contributed by atoms with Gasteiger partial charge in [-0.2, -0.15) is 0 Å². The van der Waals surface area contributed by atoms with E-state index in [0.29, 0.717) is 13.0 Å². The fraction of sp³-hybridized carbons (Fsp3) is 0.750. The summed E-state index contributed by atoms with van der Waals surface area (Å²) in [6.07, 6.45) is 8.77. The highest BCUT2D eigenvalue weighted by molar-refractivity contribution is 5.85. The number of halogens is 2. The molecule has 0 unspecified atom stereocenters. The van der Waals surface area contributed by atoms with Crippen LogP contribution < -0.4 is 11.1 Å². The molecule has 3 nitrogen and oxygen atoms in total. The molecule has 3 N–H and O–H groups in total. The summed E-state index contributed by atoms with van der Waals surface area (Å²) in [4.78, 5) is 11.4. The van der Waals surface area contributed by atoms with Gasteiger partial charge in [-0.1, -0.05) is 25.3 Å². The third kappa shape index (κ3) is 7.63. The summed E-state index contributed by atoms with van der Waals surface area (Å²) in [5, 5.41) is 2.92. The molecule has 0 bridgehead atoms. The molecular formula is C12H24Cl2N2O. The third-order valence-electron chi connectivity index (χ3n) is 3.06. The van der Waals surface area contributed by atoms with Crippen LogP contribution in [0.5, 0.6) is 0 Å². The Morgan fingerprint density at radius 3 is 2.41 bits per heavy atom. The first-order valence-corrected chi connectivity index (χ1v) is 5.83. The van der Waals surface area contributed by atoms with Crippen LogP contribution in [0.1, 0.15) is 44.9 Å². The Hall–Kier alpha value is -0.250. The van der Waals surface area contributed by atoms with Crippen molar-refractivity contribution in [3.05, 3.63) is 12.7 Å². The molecule has 0 radical (unpaired) electrons. The number of nitrogens with one attached hydrogen (secondary N) is 1. The summed E-state index contributed by atoms with van der Waals surface area (Å²) in [6, 6.07) is 0. The predicted molar refractivity (Wildman–Crippen MR) is 76.9 cm³/mol. The van der Waals surface area contributed by atoms with Gasteiger partial charge >= 0.3 is 0 Å². The van der Waals surface area contributed by atoms with Gasteiger partial charge in [-0.3, -0.25) is 4.79 Å². The SMILES string of the molecule is C=CCCC(=O)NCC1(N)CCCCC1.Cl.Cl. The van der Waals surface area contributed by atoms with E-state index in [0.717, 1.165) is 19.3 Å². The maximum absolute atomic E-state index is 11.4. The molecule has 1 aliphatic rings. The fourth-order valence-electron chi connectivity index (χ4n) is 2.03. The van der Waals surface area contributed by atoms with Crippen LogP contribution in [-0.4, -0.2) is 18.0 Å². The van der Waals surface area contributed by atoms with E-state index in [9.17, 15) is 4.79 Å². The summed E-state index contributed by atoms with van der Waals surface area (Å²) in [5.41, 5.74) is 6.05. The molecule has 0 saturated heterocycles. The Morgan fingerprint density at radius 1 is 1.29 bits per heavy atom. The van der Waals surface area contributed by atoms with Crippen LogP contribution in [0.2, 0.25) is 0 Å². The van der Waals surface area contributed by atoms with Gasteiger partial charge in [-0.25, -0.2) is 0 Å². The number of hydrogen-bond acceptors (Lipinski definition) is 2. The molecule has 1 fully saturated rings. The molecule has 102 valence electrons. The molecular weight excluding hydrogens is 259 g/mol. The number of amides is 1. The second-order valence-corrected chi connectivity index (χ2v) is 4.53. The highest BCUT2D eigenvalue weighted by Gasteiger charge is 2.27. The molecule has 5 heteroatoms. The molecule has 0 atom stereocenters. The second-order valence-electron chi connectivity index (χ2n) is 4.53. The van der Waals surface area contributed by atoms with E-state index in [2.05, 4.69) is 11.9 Å². The van der Waals surface area contributed by atoms with E-state index in [1.165, 1.54) is 19.3 Å². The van der Waals surface area contributed by atoms with Crippen LogP contribution in [0.4, 0.5) is 0 Å².